The summed E-state index contributed by atoms with van der Waals surface area (Å²) in [6, 6.07) is 17.1. The number of H-pyrrole nitrogens is 1. The summed E-state index contributed by atoms with van der Waals surface area (Å²) in [5.41, 5.74) is 3.91. The molecule has 6 nitrogen and oxygen atoms in total. The molecular formula is C21H21N3O3. The predicted octanol–water partition coefficient (Wildman–Crippen LogP) is 3.82. The second-order valence-corrected chi connectivity index (χ2v) is 6.45. The molecule has 0 aliphatic carbocycles. The summed E-state index contributed by atoms with van der Waals surface area (Å²) in [6.45, 7) is 0.430. The Labute approximate surface area is 157 Å². The molecule has 2 amide bonds. The number of aromatic nitrogens is 1. The number of carbonyl (C=O) groups is 1. The quantitative estimate of drug-likeness (QED) is 0.660. The van der Waals surface area contributed by atoms with Gasteiger partial charge in [0.2, 0.25) is 0 Å². The van der Waals surface area contributed by atoms with Crippen molar-refractivity contribution in [3.8, 4) is 22.8 Å². The summed E-state index contributed by atoms with van der Waals surface area (Å²) in [7, 11) is 1.63. The van der Waals surface area contributed by atoms with Gasteiger partial charge in [0, 0.05) is 23.6 Å². The van der Waals surface area contributed by atoms with Crippen molar-refractivity contribution >= 4 is 11.7 Å². The zero-order valence-electron chi connectivity index (χ0n) is 15.0. The number of nitrogens with one attached hydrogen (secondary N) is 3. The van der Waals surface area contributed by atoms with Crippen LogP contribution in [0.25, 0.3) is 11.3 Å². The maximum Gasteiger partial charge on any atom is 0.319 e. The number of aromatic amines is 1. The molecule has 4 rings (SSSR count). The van der Waals surface area contributed by atoms with E-state index < -0.39 is 0 Å². The van der Waals surface area contributed by atoms with Crippen LogP contribution in [0, 0.1) is 0 Å². The van der Waals surface area contributed by atoms with Crippen LogP contribution in [0.3, 0.4) is 0 Å². The number of hydrogen-bond donors (Lipinski definition) is 3. The van der Waals surface area contributed by atoms with E-state index in [2.05, 4.69) is 15.6 Å². The van der Waals surface area contributed by atoms with E-state index in [4.69, 9.17) is 9.47 Å². The number of fused-ring (bicyclic) bond motifs is 1. The van der Waals surface area contributed by atoms with Gasteiger partial charge in [0.05, 0.1) is 13.2 Å². The van der Waals surface area contributed by atoms with Gasteiger partial charge in [0.25, 0.3) is 0 Å². The molecule has 3 aromatic rings. The van der Waals surface area contributed by atoms with Gasteiger partial charge in [-0.2, -0.15) is 0 Å². The van der Waals surface area contributed by atoms with E-state index in [1.54, 1.807) is 7.11 Å². The molecule has 6 heteroatoms. The highest BCUT2D eigenvalue weighted by molar-refractivity contribution is 5.89. The van der Waals surface area contributed by atoms with Crippen molar-refractivity contribution in [2.75, 3.05) is 19.0 Å². The number of hydrogen-bond acceptors (Lipinski definition) is 3. The van der Waals surface area contributed by atoms with Gasteiger partial charge in [-0.1, -0.05) is 18.2 Å². The molecule has 2 heterocycles. The van der Waals surface area contributed by atoms with Gasteiger partial charge in [-0.05, 0) is 47.9 Å². The van der Waals surface area contributed by atoms with Crippen LogP contribution in [-0.4, -0.2) is 30.8 Å². The first-order valence-corrected chi connectivity index (χ1v) is 8.82. The number of amides is 2. The first-order valence-electron chi connectivity index (χ1n) is 8.82. The van der Waals surface area contributed by atoms with Crippen molar-refractivity contribution in [1.29, 1.82) is 0 Å². The van der Waals surface area contributed by atoms with Crippen molar-refractivity contribution in [2.24, 2.45) is 0 Å². The van der Waals surface area contributed by atoms with Crippen molar-refractivity contribution < 1.29 is 14.3 Å². The zero-order chi connectivity index (χ0) is 18.6. The Kier molecular flexibility index (Phi) is 4.70. The average molecular weight is 363 g/mol. The topological polar surface area (TPSA) is 75.4 Å². The second-order valence-electron chi connectivity index (χ2n) is 6.45. The maximum atomic E-state index is 12.3. The summed E-state index contributed by atoms with van der Waals surface area (Å²) >= 11 is 0. The van der Waals surface area contributed by atoms with Gasteiger partial charge in [-0.3, -0.25) is 0 Å². The van der Waals surface area contributed by atoms with Crippen LogP contribution in [0.1, 0.15) is 5.56 Å². The van der Waals surface area contributed by atoms with E-state index in [1.807, 2.05) is 60.8 Å². The fraction of sp³-hybridized carbons (Fsp3) is 0.190. The molecule has 27 heavy (non-hydrogen) atoms. The molecular weight excluding hydrogens is 342 g/mol. The number of anilines is 1. The lowest BCUT2D eigenvalue weighted by atomic mass is 10.0. The highest BCUT2D eigenvalue weighted by atomic mass is 16.5. The Morgan fingerprint density at radius 3 is 2.78 bits per heavy atom. The molecule has 2 aromatic carbocycles. The van der Waals surface area contributed by atoms with E-state index in [0.29, 0.717) is 6.61 Å². The van der Waals surface area contributed by atoms with Crippen molar-refractivity contribution in [3.63, 3.8) is 0 Å². The van der Waals surface area contributed by atoms with Gasteiger partial charge in [-0.25, -0.2) is 4.79 Å². The minimum Gasteiger partial charge on any atom is -0.497 e. The molecule has 1 aliphatic rings. The Balaban J connectivity index is 1.34. The van der Waals surface area contributed by atoms with Crippen molar-refractivity contribution in [1.82, 2.24) is 10.3 Å². The third-order valence-electron chi connectivity index (χ3n) is 4.57. The molecule has 0 spiro atoms. The molecule has 0 bridgehead atoms. The number of urea groups is 1. The number of rotatable bonds is 4. The molecule has 138 valence electrons. The van der Waals surface area contributed by atoms with Crippen LogP contribution in [0.2, 0.25) is 0 Å². The minimum absolute atomic E-state index is 0.0795. The SMILES string of the molecule is COc1ccc2c(c1)OCC(NC(=O)Nc1ccc(-c3ccc[nH]3)cc1)C2. The van der Waals surface area contributed by atoms with Gasteiger partial charge >= 0.3 is 6.03 Å². The highest BCUT2D eigenvalue weighted by Crippen LogP contribution is 2.29. The lowest BCUT2D eigenvalue weighted by Gasteiger charge is -2.26. The minimum atomic E-state index is -0.242. The van der Waals surface area contributed by atoms with Crippen LogP contribution >= 0.6 is 0 Å². The molecule has 0 radical (unpaired) electrons. The van der Waals surface area contributed by atoms with E-state index >= 15 is 0 Å². The molecule has 1 unspecified atom stereocenters. The van der Waals surface area contributed by atoms with Crippen LogP contribution < -0.4 is 20.1 Å². The largest absolute Gasteiger partial charge is 0.497 e. The molecule has 0 saturated carbocycles. The smallest absolute Gasteiger partial charge is 0.319 e. The lowest BCUT2D eigenvalue weighted by molar-refractivity contribution is 0.222. The number of benzene rings is 2. The number of carbonyl (C=O) groups excluding carboxylic acids is 1. The van der Waals surface area contributed by atoms with Crippen molar-refractivity contribution in [3.05, 3.63) is 66.4 Å². The Morgan fingerprint density at radius 1 is 1.19 bits per heavy atom. The molecule has 1 atom stereocenters. The normalized spacial score (nSPS) is 15.4. The molecule has 1 aromatic heterocycles. The monoisotopic (exact) mass is 363 g/mol. The summed E-state index contributed by atoms with van der Waals surface area (Å²) < 4.78 is 11.0. The Hall–Kier alpha value is -3.41. The number of methoxy groups -OCH3 is 1. The van der Waals surface area contributed by atoms with E-state index in [1.165, 1.54) is 0 Å². The Bertz CT molecular complexity index is 920. The second kappa shape index (κ2) is 7.45. The van der Waals surface area contributed by atoms with E-state index in [0.717, 1.165) is 40.4 Å². The van der Waals surface area contributed by atoms with Crippen LogP contribution in [0.15, 0.2) is 60.8 Å². The van der Waals surface area contributed by atoms with Gasteiger partial charge < -0.3 is 25.1 Å². The fourth-order valence-corrected chi connectivity index (χ4v) is 3.17. The average Bonchev–Trinajstić information content (AvgIpc) is 3.23. The van der Waals surface area contributed by atoms with Gasteiger partial charge in [0.15, 0.2) is 0 Å². The third-order valence-corrected chi connectivity index (χ3v) is 4.57. The van der Waals surface area contributed by atoms with Crippen LogP contribution in [0.5, 0.6) is 11.5 Å². The molecule has 1 aliphatic heterocycles. The van der Waals surface area contributed by atoms with Gasteiger partial charge in [0.1, 0.15) is 18.1 Å². The first kappa shape index (κ1) is 17.0. The zero-order valence-corrected chi connectivity index (χ0v) is 15.0. The number of ether oxygens (including phenoxy) is 2. The summed E-state index contributed by atoms with van der Waals surface area (Å²) in [5, 5.41) is 5.83. The summed E-state index contributed by atoms with van der Waals surface area (Å²) in [6.07, 6.45) is 2.61. The van der Waals surface area contributed by atoms with Crippen molar-refractivity contribution in [2.45, 2.75) is 12.5 Å². The third kappa shape index (κ3) is 3.89. The molecule has 0 saturated heterocycles. The summed E-state index contributed by atoms with van der Waals surface area (Å²) in [5.74, 6) is 1.58. The highest BCUT2D eigenvalue weighted by Gasteiger charge is 2.22. The van der Waals surface area contributed by atoms with Gasteiger partial charge in [-0.15, -0.1) is 0 Å². The Morgan fingerprint density at radius 2 is 2.04 bits per heavy atom. The predicted molar refractivity (Wildman–Crippen MR) is 104 cm³/mol. The van der Waals surface area contributed by atoms with E-state index in [-0.39, 0.29) is 12.1 Å². The fourth-order valence-electron chi connectivity index (χ4n) is 3.17. The molecule has 3 N–H and O–H groups in total. The maximum absolute atomic E-state index is 12.3. The van der Waals surface area contributed by atoms with Crippen LogP contribution in [0.4, 0.5) is 10.5 Å². The summed E-state index contributed by atoms with van der Waals surface area (Å²) in [4.78, 5) is 15.5. The first-order chi connectivity index (χ1) is 13.2. The lowest BCUT2D eigenvalue weighted by Crippen LogP contribution is -2.44. The standard InChI is InChI=1S/C21H21N3O3/c1-26-18-9-6-15-11-17(13-27-20(15)12-18)24-21(25)23-16-7-4-14(5-8-16)19-3-2-10-22-19/h2-10,12,17,22H,11,13H2,1H3,(H2,23,24,25). The van der Waals surface area contributed by atoms with Crippen LogP contribution in [-0.2, 0) is 6.42 Å². The van der Waals surface area contributed by atoms with E-state index in [9.17, 15) is 4.79 Å². The molecule has 0 fully saturated rings.